The first-order valence-corrected chi connectivity index (χ1v) is 7.82. The molecule has 0 aliphatic heterocycles. The lowest BCUT2D eigenvalue weighted by molar-refractivity contribution is -0.121. The van der Waals surface area contributed by atoms with Gasteiger partial charge in [0.15, 0.2) is 0 Å². The highest BCUT2D eigenvalue weighted by atomic mass is 16.1. The van der Waals surface area contributed by atoms with Crippen molar-refractivity contribution >= 4 is 13.8 Å². The van der Waals surface area contributed by atoms with Gasteiger partial charge in [-0.25, -0.2) is 0 Å². The van der Waals surface area contributed by atoms with Crippen LogP contribution in [0.1, 0.15) is 77.0 Å². The minimum Gasteiger partial charge on any atom is -0.353 e. The Morgan fingerprint density at radius 2 is 1.50 bits per heavy atom. The van der Waals surface area contributed by atoms with Crippen LogP contribution < -0.4 is 5.32 Å². The second-order valence-electron chi connectivity index (χ2n) is 5.56. The number of amides is 1. The van der Waals surface area contributed by atoms with Crippen LogP contribution in [0.15, 0.2) is 0 Å². The van der Waals surface area contributed by atoms with Gasteiger partial charge in [-0.05, 0) is 19.3 Å². The van der Waals surface area contributed by atoms with Gasteiger partial charge >= 0.3 is 0 Å². The van der Waals surface area contributed by atoms with E-state index in [0.29, 0.717) is 6.04 Å². The van der Waals surface area contributed by atoms with Gasteiger partial charge in [-0.3, -0.25) is 4.79 Å². The number of hydrogen-bond acceptors (Lipinski definition) is 1. The Labute approximate surface area is 114 Å². The number of unbranched alkanes of at least 4 members (excludes halogenated alkanes) is 6. The molecule has 0 saturated heterocycles. The van der Waals surface area contributed by atoms with E-state index in [2.05, 4.69) is 5.32 Å². The van der Waals surface area contributed by atoms with Crippen LogP contribution in [0, 0.1) is 0 Å². The van der Waals surface area contributed by atoms with Crippen LogP contribution in [-0.2, 0) is 4.79 Å². The first kappa shape index (κ1) is 15.6. The number of hydrogen-bond donors (Lipinski definition) is 1. The van der Waals surface area contributed by atoms with Gasteiger partial charge in [-0.15, -0.1) is 0 Å². The monoisotopic (exact) mass is 249 g/mol. The number of carbonyl (C=O) groups is 1. The molecule has 1 fully saturated rings. The second-order valence-corrected chi connectivity index (χ2v) is 5.56. The first-order chi connectivity index (χ1) is 8.83. The van der Waals surface area contributed by atoms with E-state index in [1.54, 1.807) is 0 Å². The predicted octanol–water partition coefficient (Wildman–Crippen LogP) is 3.75. The van der Waals surface area contributed by atoms with Gasteiger partial charge in [0.25, 0.3) is 0 Å². The van der Waals surface area contributed by atoms with Gasteiger partial charge in [0, 0.05) is 12.5 Å². The Morgan fingerprint density at radius 3 is 2.11 bits per heavy atom. The molecule has 1 aliphatic rings. The molecule has 3 heteroatoms. The van der Waals surface area contributed by atoms with Crippen molar-refractivity contribution in [3.8, 4) is 0 Å². The molecule has 1 rings (SSSR count). The number of carbonyl (C=O) groups excluding carboxylic acids is 1. The van der Waals surface area contributed by atoms with Gasteiger partial charge < -0.3 is 5.32 Å². The maximum absolute atomic E-state index is 11.6. The molecule has 0 spiro atoms. The Morgan fingerprint density at radius 1 is 0.944 bits per heavy atom. The molecular weight excluding hydrogens is 221 g/mol. The van der Waals surface area contributed by atoms with Crippen molar-refractivity contribution in [2.24, 2.45) is 0 Å². The van der Waals surface area contributed by atoms with Crippen molar-refractivity contribution in [3.05, 3.63) is 0 Å². The fraction of sp³-hybridized carbons (Fsp3) is 0.933. The van der Waals surface area contributed by atoms with Crippen molar-refractivity contribution in [1.82, 2.24) is 5.32 Å². The third-order valence-corrected chi connectivity index (χ3v) is 3.83. The highest BCUT2D eigenvalue weighted by Gasteiger charge is 2.16. The summed E-state index contributed by atoms with van der Waals surface area (Å²) in [5, 5.41) is 3.14. The van der Waals surface area contributed by atoms with E-state index in [1.165, 1.54) is 57.8 Å². The average Bonchev–Trinajstić information content (AvgIpc) is 2.85. The molecule has 1 saturated carbocycles. The van der Waals surface area contributed by atoms with Crippen LogP contribution in [0.4, 0.5) is 0 Å². The largest absolute Gasteiger partial charge is 0.353 e. The third kappa shape index (κ3) is 7.78. The summed E-state index contributed by atoms with van der Waals surface area (Å²) in [5.41, 5.74) is 0. The van der Waals surface area contributed by atoms with Crippen molar-refractivity contribution in [2.75, 3.05) is 0 Å². The molecule has 0 unspecified atom stereocenters. The lowest BCUT2D eigenvalue weighted by Gasteiger charge is -2.11. The van der Waals surface area contributed by atoms with Gasteiger partial charge in [0.1, 0.15) is 0 Å². The molecule has 102 valence electrons. The number of nitrogens with one attached hydrogen (secondary N) is 1. The van der Waals surface area contributed by atoms with Crippen molar-refractivity contribution < 1.29 is 4.79 Å². The van der Waals surface area contributed by atoms with Crippen LogP contribution >= 0.6 is 0 Å². The summed E-state index contributed by atoms with van der Waals surface area (Å²) in [6.45, 7) is 0. The summed E-state index contributed by atoms with van der Waals surface area (Å²) in [6, 6.07) is 0.480. The molecule has 2 radical (unpaired) electrons. The van der Waals surface area contributed by atoms with E-state index in [9.17, 15) is 4.79 Å². The molecule has 0 aromatic heterocycles. The summed E-state index contributed by atoms with van der Waals surface area (Å²) in [4.78, 5) is 11.6. The quantitative estimate of drug-likeness (QED) is 0.463. The zero-order chi connectivity index (χ0) is 13.1. The Hall–Kier alpha value is -0.465. The van der Waals surface area contributed by atoms with E-state index >= 15 is 0 Å². The number of rotatable bonds is 10. The molecule has 2 nitrogen and oxygen atoms in total. The molecule has 1 aliphatic carbocycles. The summed E-state index contributed by atoms with van der Waals surface area (Å²) >= 11 is 0. The predicted molar refractivity (Wildman–Crippen MR) is 77.9 cm³/mol. The van der Waals surface area contributed by atoms with Gasteiger partial charge in [0.05, 0.1) is 7.85 Å². The highest BCUT2D eigenvalue weighted by Crippen LogP contribution is 2.18. The molecule has 0 heterocycles. The summed E-state index contributed by atoms with van der Waals surface area (Å²) in [7, 11) is 5.45. The zero-order valence-electron chi connectivity index (χ0n) is 11.8. The fourth-order valence-electron chi connectivity index (χ4n) is 2.68. The van der Waals surface area contributed by atoms with Crippen LogP contribution in [-0.4, -0.2) is 19.8 Å². The van der Waals surface area contributed by atoms with Crippen molar-refractivity contribution in [1.29, 1.82) is 0 Å². The summed E-state index contributed by atoms with van der Waals surface area (Å²) in [6.07, 6.45) is 15.0. The molecule has 0 aromatic carbocycles. The fourth-order valence-corrected chi connectivity index (χ4v) is 2.68. The SMILES string of the molecule is [B]CCCCCCCCCC(=O)NC1CCCC1. The third-order valence-electron chi connectivity index (χ3n) is 3.83. The van der Waals surface area contributed by atoms with Crippen molar-refractivity contribution in [3.63, 3.8) is 0 Å². The molecule has 0 bridgehead atoms. The molecule has 1 N–H and O–H groups in total. The maximum Gasteiger partial charge on any atom is 0.220 e. The van der Waals surface area contributed by atoms with Crippen LogP contribution in [0.3, 0.4) is 0 Å². The lowest BCUT2D eigenvalue weighted by atomic mass is 9.98. The van der Waals surface area contributed by atoms with Crippen LogP contribution in [0.25, 0.3) is 0 Å². The standard InChI is InChI=1S/C15H28BNO/c16-13-9-5-3-1-2-4-6-12-15(18)17-14-10-7-8-11-14/h14H,1-13H2,(H,17,18). The van der Waals surface area contributed by atoms with E-state index in [1.807, 2.05) is 0 Å². The van der Waals surface area contributed by atoms with E-state index in [-0.39, 0.29) is 5.91 Å². The summed E-state index contributed by atoms with van der Waals surface area (Å²) in [5.74, 6) is 0.269. The normalized spacial score (nSPS) is 16.0. The van der Waals surface area contributed by atoms with Gasteiger partial charge in [-0.1, -0.05) is 57.7 Å². The van der Waals surface area contributed by atoms with Crippen molar-refractivity contribution in [2.45, 2.75) is 89.4 Å². The second kappa shape index (κ2) is 10.5. The Balaban J connectivity index is 1.83. The zero-order valence-corrected chi connectivity index (χ0v) is 11.8. The van der Waals surface area contributed by atoms with Crippen LogP contribution in [0.2, 0.25) is 6.32 Å². The maximum atomic E-state index is 11.6. The van der Waals surface area contributed by atoms with Gasteiger partial charge in [-0.2, -0.15) is 0 Å². The van der Waals surface area contributed by atoms with Gasteiger partial charge in [0.2, 0.25) is 5.91 Å². The minimum atomic E-state index is 0.269. The Bertz CT molecular complexity index is 215. The van der Waals surface area contributed by atoms with E-state index in [0.717, 1.165) is 25.6 Å². The smallest absolute Gasteiger partial charge is 0.220 e. The molecule has 0 atom stereocenters. The van der Waals surface area contributed by atoms with Crippen LogP contribution in [0.5, 0.6) is 0 Å². The van der Waals surface area contributed by atoms with E-state index < -0.39 is 0 Å². The molecule has 1 amide bonds. The molecule has 0 aromatic rings. The minimum absolute atomic E-state index is 0.269. The topological polar surface area (TPSA) is 29.1 Å². The molecular formula is C15H28BNO. The average molecular weight is 249 g/mol. The lowest BCUT2D eigenvalue weighted by Crippen LogP contribution is -2.32. The Kier molecular flexibility index (Phi) is 9.06. The first-order valence-electron chi connectivity index (χ1n) is 7.82. The van der Waals surface area contributed by atoms with E-state index in [4.69, 9.17) is 7.85 Å². The summed E-state index contributed by atoms with van der Waals surface area (Å²) < 4.78 is 0. The molecule has 18 heavy (non-hydrogen) atoms. The highest BCUT2D eigenvalue weighted by molar-refractivity contribution is 6.08.